The largest absolute Gasteiger partial charge is 0.480 e. The smallest absolute Gasteiger partial charge is 0.329 e. The molecular weight excluding hydrogens is 242 g/mol. The lowest BCUT2D eigenvalue weighted by Crippen LogP contribution is -2.53. The number of likely N-dealkylation sites (N-methyl/N-ethyl adjacent to an activating group) is 1. The van der Waals surface area contributed by atoms with Gasteiger partial charge in [-0.1, -0.05) is 24.3 Å². The molecule has 104 valence electrons. The van der Waals surface area contributed by atoms with E-state index < -0.39 is 11.5 Å². The van der Waals surface area contributed by atoms with Gasteiger partial charge in [0.25, 0.3) is 0 Å². The molecule has 4 nitrogen and oxygen atoms in total. The molecule has 4 heteroatoms. The molecule has 0 aromatic heterocycles. The number of hydrogen-bond acceptors (Lipinski definition) is 2. The van der Waals surface area contributed by atoms with Gasteiger partial charge >= 0.3 is 5.97 Å². The first-order chi connectivity index (χ1) is 8.80. The van der Waals surface area contributed by atoms with Crippen LogP contribution < -0.4 is 0 Å². The first-order valence-corrected chi connectivity index (χ1v) is 6.39. The maximum absolute atomic E-state index is 12.3. The van der Waals surface area contributed by atoms with Gasteiger partial charge < -0.3 is 10.0 Å². The van der Waals surface area contributed by atoms with E-state index in [9.17, 15) is 14.7 Å². The summed E-state index contributed by atoms with van der Waals surface area (Å²) in [5.41, 5.74) is 0.793. The molecule has 0 aliphatic carbocycles. The van der Waals surface area contributed by atoms with E-state index in [0.717, 1.165) is 11.1 Å². The fourth-order valence-corrected chi connectivity index (χ4v) is 2.07. The molecule has 0 heterocycles. The molecule has 0 radical (unpaired) electrons. The first kappa shape index (κ1) is 15.2. The molecule has 1 rings (SSSR count). The quantitative estimate of drug-likeness (QED) is 0.886. The number of amides is 1. The van der Waals surface area contributed by atoms with Crippen molar-refractivity contribution in [2.24, 2.45) is 0 Å². The molecule has 1 N–H and O–H groups in total. The zero-order valence-corrected chi connectivity index (χ0v) is 11.9. The molecule has 1 aromatic carbocycles. The van der Waals surface area contributed by atoms with Gasteiger partial charge in [0.15, 0.2) is 0 Å². The number of rotatable bonds is 5. The maximum atomic E-state index is 12.3. The van der Waals surface area contributed by atoms with Gasteiger partial charge in [0.2, 0.25) is 5.91 Å². The first-order valence-electron chi connectivity index (χ1n) is 6.39. The van der Waals surface area contributed by atoms with Gasteiger partial charge in [-0.05, 0) is 38.8 Å². The monoisotopic (exact) mass is 263 g/mol. The van der Waals surface area contributed by atoms with Crippen molar-refractivity contribution in [3.8, 4) is 0 Å². The van der Waals surface area contributed by atoms with Crippen LogP contribution in [0.3, 0.4) is 0 Å². The fourth-order valence-electron chi connectivity index (χ4n) is 2.07. The second-order valence-electron chi connectivity index (χ2n) is 5.11. The topological polar surface area (TPSA) is 57.6 Å². The third-order valence-corrected chi connectivity index (χ3v) is 3.42. The van der Waals surface area contributed by atoms with Crippen LogP contribution in [-0.2, 0) is 16.0 Å². The number of aryl methyl sites for hydroxylation is 1. The summed E-state index contributed by atoms with van der Waals surface area (Å²) in [6, 6.07) is 7.65. The van der Waals surface area contributed by atoms with E-state index in [4.69, 9.17) is 0 Å². The highest BCUT2D eigenvalue weighted by Crippen LogP contribution is 2.17. The molecule has 1 aromatic rings. The number of benzene rings is 1. The minimum atomic E-state index is -1.19. The predicted octanol–water partition coefficient (Wildman–Crippen LogP) is 2.25. The van der Waals surface area contributed by atoms with E-state index in [1.54, 1.807) is 20.8 Å². The molecular formula is C15H21NO3. The van der Waals surface area contributed by atoms with Crippen molar-refractivity contribution in [1.82, 2.24) is 4.90 Å². The van der Waals surface area contributed by atoms with Crippen molar-refractivity contribution in [3.05, 3.63) is 35.4 Å². The highest BCUT2D eigenvalue weighted by molar-refractivity contribution is 5.87. The standard InChI is InChI=1S/C15H21NO3/c1-5-16(15(3,4)14(18)19)13(17)10-12-9-7-6-8-11(12)2/h6-9H,5,10H2,1-4H3,(H,18,19). The number of carboxylic acids is 1. The van der Waals surface area contributed by atoms with Gasteiger partial charge in [-0.15, -0.1) is 0 Å². The van der Waals surface area contributed by atoms with E-state index >= 15 is 0 Å². The molecule has 0 saturated carbocycles. The van der Waals surface area contributed by atoms with Gasteiger partial charge in [0.05, 0.1) is 6.42 Å². The molecule has 0 bridgehead atoms. The number of carbonyl (C=O) groups is 2. The van der Waals surface area contributed by atoms with Crippen LogP contribution in [0.2, 0.25) is 0 Å². The summed E-state index contributed by atoms with van der Waals surface area (Å²) in [5.74, 6) is -1.16. The second kappa shape index (κ2) is 5.87. The number of carboxylic acid groups (broad SMARTS) is 1. The molecule has 0 aliphatic rings. The SMILES string of the molecule is CCN(C(=O)Cc1ccccc1C)C(C)(C)C(=O)O. The Labute approximate surface area is 114 Å². The van der Waals surface area contributed by atoms with E-state index in [2.05, 4.69) is 0 Å². The summed E-state index contributed by atoms with van der Waals surface area (Å²) in [5, 5.41) is 9.22. The zero-order chi connectivity index (χ0) is 14.6. The summed E-state index contributed by atoms with van der Waals surface area (Å²) >= 11 is 0. The third-order valence-electron chi connectivity index (χ3n) is 3.42. The van der Waals surface area contributed by atoms with E-state index in [0.29, 0.717) is 6.54 Å². The highest BCUT2D eigenvalue weighted by atomic mass is 16.4. The molecule has 0 fully saturated rings. The number of carbonyl (C=O) groups excluding carboxylic acids is 1. The molecule has 0 unspecified atom stereocenters. The lowest BCUT2D eigenvalue weighted by molar-refractivity contribution is -0.156. The summed E-state index contributed by atoms with van der Waals surface area (Å²) in [4.78, 5) is 25.0. The highest BCUT2D eigenvalue weighted by Gasteiger charge is 2.36. The Hall–Kier alpha value is -1.84. The van der Waals surface area contributed by atoms with Crippen molar-refractivity contribution in [1.29, 1.82) is 0 Å². The van der Waals surface area contributed by atoms with Crippen LogP contribution in [-0.4, -0.2) is 34.0 Å². The minimum absolute atomic E-state index is 0.163. The van der Waals surface area contributed by atoms with Crippen molar-refractivity contribution in [2.75, 3.05) is 6.54 Å². The summed E-state index contributed by atoms with van der Waals surface area (Å²) in [6.45, 7) is 7.22. The van der Waals surface area contributed by atoms with Crippen LogP contribution in [0.25, 0.3) is 0 Å². The molecule has 0 saturated heterocycles. The predicted molar refractivity (Wildman–Crippen MR) is 74.0 cm³/mol. The molecule has 0 aliphatic heterocycles. The number of nitrogens with zero attached hydrogens (tertiary/aromatic N) is 1. The molecule has 0 spiro atoms. The van der Waals surface area contributed by atoms with E-state index in [1.807, 2.05) is 31.2 Å². The number of hydrogen-bond donors (Lipinski definition) is 1. The Balaban J connectivity index is 2.93. The van der Waals surface area contributed by atoms with Crippen LogP contribution in [0, 0.1) is 6.92 Å². The molecule has 19 heavy (non-hydrogen) atoms. The molecule has 1 amide bonds. The summed E-state index contributed by atoms with van der Waals surface area (Å²) in [7, 11) is 0. The van der Waals surface area contributed by atoms with Gasteiger partial charge in [-0.3, -0.25) is 4.79 Å². The minimum Gasteiger partial charge on any atom is -0.480 e. The lowest BCUT2D eigenvalue weighted by atomic mass is 10.00. The van der Waals surface area contributed by atoms with Crippen LogP contribution in [0.5, 0.6) is 0 Å². The molecule has 0 atom stereocenters. The van der Waals surface area contributed by atoms with Gasteiger partial charge in [0, 0.05) is 6.54 Å². The Bertz CT molecular complexity index is 480. The van der Waals surface area contributed by atoms with Gasteiger partial charge in [-0.2, -0.15) is 0 Å². The maximum Gasteiger partial charge on any atom is 0.329 e. The third kappa shape index (κ3) is 3.34. The van der Waals surface area contributed by atoms with Gasteiger partial charge in [0.1, 0.15) is 5.54 Å². The average molecular weight is 263 g/mol. The van der Waals surface area contributed by atoms with Crippen molar-refractivity contribution >= 4 is 11.9 Å². The van der Waals surface area contributed by atoms with Crippen LogP contribution >= 0.6 is 0 Å². The Morgan fingerprint density at radius 2 is 1.84 bits per heavy atom. The fraction of sp³-hybridized carbons (Fsp3) is 0.467. The van der Waals surface area contributed by atoms with Crippen LogP contribution in [0.1, 0.15) is 31.9 Å². The zero-order valence-electron chi connectivity index (χ0n) is 11.9. The van der Waals surface area contributed by atoms with Crippen LogP contribution in [0.4, 0.5) is 0 Å². The Morgan fingerprint density at radius 1 is 1.26 bits per heavy atom. The normalized spacial score (nSPS) is 11.2. The average Bonchev–Trinajstić information content (AvgIpc) is 2.32. The van der Waals surface area contributed by atoms with E-state index in [1.165, 1.54) is 4.90 Å². The van der Waals surface area contributed by atoms with Crippen LogP contribution in [0.15, 0.2) is 24.3 Å². The summed E-state index contributed by atoms with van der Waals surface area (Å²) < 4.78 is 0. The van der Waals surface area contributed by atoms with E-state index in [-0.39, 0.29) is 12.3 Å². The number of aliphatic carboxylic acids is 1. The van der Waals surface area contributed by atoms with Crippen molar-refractivity contribution in [3.63, 3.8) is 0 Å². The van der Waals surface area contributed by atoms with Crippen molar-refractivity contribution in [2.45, 2.75) is 39.7 Å². The summed E-state index contributed by atoms with van der Waals surface area (Å²) in [6.07, 6.45) is 0.233. The Kier molecular flexibility index (Phi) is 4.70. The van der Waals surface area contributed by atoms with Gasteiger partial charge in [-0.25, -0.2) is 4.79 Å². The van der Waals surface area contributed by atoms with Crippen molar-refractivity contribution < 1.29 is 14.7 Å². The lowest BCUT2D eigenvalue weighted by Gasteiger charge is -2.34. The Morgan fingerprint density at radius 3 is 2.32 bits per heavy atom. The second-order valence-corrected chi connectivity index (χ2v) is 5.11.